The fourth-order valence-corrected chi connectivity index (χ4v) is 6.04. The maximum atomic E-state index is 14.4. The quantitative estimate of drug-likeness (QED) is 0.232. The minimum Gasteiger partial charge on any atom is -0.486 e. The van der Waals surface area contributed by atoms with Gasteiger partial charge in [-0.05, 0) is 66.9 Å². The second-order valence-electron chi connectivity index (χ2n) is 8.65. The molecule has 0 saturated carbocycles. The zero-order valence-electron chi connectivity index (χ0n) is 20.0. The van der Waals surface area contributed by atoms with Crippen molar-refractivity contribution >= 4 is 39.0 Å². The van der Waals surface area contributed by atoms with Gasteiger partial charge in [-0.15, -0.1) is 0 Å². The van der Waals surface area contributed by atoms with Crippen LogP contribution < -0.4 is 9.04 Å². The van der Waals surface area contributed by atoms with Crippen LogP contribution in [-0.2, 0) is 16.2 Å². The Bertz CT molecular complexity index is 1530. The van der Waals surface area contributed by atoms with Crippen LogP contribution in [0.15, 0.2) is 65.6 Å². The molecule has 0 saturated heterocycles. The molecule has 1 heterocycles. The molecule has 5 nitrogen and oxygen atoms in total. The van der Waals surface area contributed by atoms with Crippen molar-refractivity contribution in [3.8, 4) is 11.8 Å². The van der Waals surface area contributed by atoms with Crippen LogP contribution in [0.4, 0.5) is 23.2 Å². The van der Waals surface area contributed by atoms with Crippen LogP contribution in [0, 0.1) is 17.1 Å². The second kappa shape index (κ2) is 10.7. The Hall–Kier alpha value is -3.55. The van der Waals surface area contributed by atoms with E-state index in [0.717, 1.165) is 22.5 Å². The first-order chi connectivity index (χ1) is 17.9. The maximum Gasteiger partial charge on any atom is 0.416 e. The summed E-state index contributed by atoms with van der Waals surface area (Å²) in [5.74, 6) is -0.338. The summed E-state index contributed by atoms with van der Waals surface area (Å²) in [6.45, 7) is 1.44. The van der Waals surface area contributed by atoms with Gasteiger partial charge in [-0.1, -0.05) is 35.9 Å². The molecule has 0 bridgehead atoms. The number of fused-ring (bicyclic) bond motifs is 1. The summed E-state index contributed by atoms with van der Waals surface area (Å²) in [5.41, 5.74) is 0.167. The van der Waals surface area contributed by atoms with Crippen LogP contribution >= 0.6 is 11.6 Å². The molecule has 0 N–H and O–H groups in total. The number of hydrogen-bond donors (Lipinski definition) is 0. The lowest BCUT2D eigenvalue weighted by Crippen LogP contribution is -2.43. The Morgan fingerprint density at radius 2 is 1.92 bits per heavy atom. The highest BCUT2D eigenvalue weighted by atomic mass is 35.5. The Balaban J connectivity index is 1.81. The minimum absolute atomic E-state index is 0.0981. The highest BCUT2D eigenvalue weighted by Gasteiger charge is 2.37. The average Bonchev–Trinajstić information content (AvgIpc) is 2.86. The molecule has 3 aromatic carbocycles. The third-order valence-electron chi connectivity index (χ3n) is 5.98. The highest BCUT2D eigenvalue weighted by Crippen LogP contribution is 2.40. The molecule has 11 heteroatoms. The number of anilines is 1. The standard InChI is InChI=1S/C27H21ClF4N2O3S/c1-17(26-22(28)8-3-9-23(26)29)13-18-10-11-25-24(14-18)34(16-20(37-25)6-4-12-33)38(35,36)21-7-2-5-19(15-21)27(30,31)32/h2-3,5,7-11,13-15,20H,4,6,16H2,1H3. The molecule has 0 aliphatic carbocycles. The fourth-order valence-electron chi connectivity index (χ4n) is 4.18. The van der Waals surface area contributed by atoms with E-state index in [2.05, 4.69) is 0 Å². The monoisotopic (exact) mass is 564 g/mol. The Morgan fingerprint density at radius 3 is 2.61 bits per heavy atom. The zero-order valence-corrected chi connectivity index (χ0v) is 21.5. The number of halogens is 5. The van der Waals surface area contributed by atoms with Crippen molar-refractivity contribution < 1.29 is 30.7 Å². The molecule has 4 rings (SSSR count). The molecule has 3 aromatic rings. The average molecular weight is 565 g/mol. The van der Waals surface area contributed by atoms with Crippen molar-refractivity contribution in [1.82, 2.24) is 0 Å². The van der Waals surface area contributed by atoms with Crippen LogP contribution in [-0.4, -0.2) is 21.1 Å². The number of nitrogens with zero attached hydrogens (tertiary/aromatic N) is 2. The smallest absolute Gasteiger partial charge is 0.416 e. The van der Waals surface area contributed by atoms with Crippen molar-refractivity contribution in [2.75, 3.05) is 10.8 Å². The van der Waals surface area contributed by atoms with E-state index in [0.29, 0.717) is 17.2 Å². The summed E-state index contributed by atoms with van der Waals surface area (Å²) in [6, 6.07) is 14.4. The summed E-state index contributed by atoms with van der Waals surface area (Å²) in [4.78, 5) is -0.533. The van der Waals surface area contributed by atoms with Gasteiger partial charge >= 0.3 is 6.18 Å². The Kier molecular flexibility index (Phi) is 7.72. The van der Waals surface area contributed by atoms with Gasteiger partial charge in [0.1, 0.15) is 17.7 Å². The van der Waals surface area contributed by atoms with Crippen molar-refractivity contribution in [2.45, 2.75) is 36.9 Å². The topological polar surface area (TPSA) is 70.4 Å². The molecule has 0 aromatic heterocycles. The van der Waals surface area contributed by atoms with Gasteiger partial charge in [0.25, 0.3) is 10.0 Å². The predicted octanol–water partition coefficient (Wildman–Crippen LogP) is 7.32. The number of rotatable bonds is 6. The highest BCUT2D eigenvalue weighted by molar-refractivity contribution is 7.92. The van der Waals surface area contributed by atoms with Gasteiger partial charge in [0, 0.05) is 12.0 Å². The number of nitriles is 1. The molecule has 0 radical (unpaired) electrons. The number of hydrogen-bond acceptors (Lipinski definition) is 4. The third-order valence-corrected chi connectivity index (χ3v) is 8.07. The van der Waals surface area contributed by atoms with Gasteiger partial charge in [0.15, 0.2) is 0 Å². The van der Waals surface area contributed by atoms with Crippen molar-refractivity contribution in [3.63, 3.8) is 0 Å². The van der Waals surface area contributed by atoms with Gasteiger partial charge in [-0.25, -0.2) is 12.8 Å². The maximum absolute atomic E-state index is 14.4. The van der Waals surface area contributed by atoms with Crippen LogP contribution in [0.25, 0.3) is 11.6 Å². The summed E-state index contributed by atoms with van der Waals surface area (Å²) < 4.78 is 88.5. The Labute approximate surface area is 222 Å². The van der Waals surface area contributed by atoms with E-state index >= 15 is 0 Å². The van der Waals surface area contributed by atoms with E-state index in [9.17, 15) is 26.0 Å². The molecular formula is C27H21ClF4N2O3S. The predicted molar refractivity (Wildman–Crippen MR) is 137 cm³/mol. The number of alkyl halides is 3. The van der Waals surface area contributed by atoms with Crippen molar-refractivity contribution in [2.24, 2.45) is 0 Å². The number of allylic oxidation sites excluding steroid dienone is 1. The van der Waals surface area contributed by atoms with Gasteiger partial charge in [-0.2, -0.15) is 18.4 Å². The van der Waals surface area contributed by atoms with E-state index in [-0.39, 0.29) is 41.4 Å². The number of sulfonamides is 1. The van der Waals surface area contributed by atoms with E-state index in [1.807, 2.05) is 6.07 Å². The lowest BCUT2D eigenvalue weighted by Gasteiger charge is -2.35. The van der Waals surface area contributed by atoms with E-state index in [4.69, 9.17) is 21.6 Å². The largest absolute Gasteiger partial charge is 0.486 e. The molecule has 1 aliphatic rings. The molecule has 198 valence electrons. The van der Waals surface area contributed by atoms with Gasteiger partial charge in [-0.3, -0.25) is 4.31 Å². The number of ether oxygens (including phenoxy) is 1. The lowest BCUT2D eigenvalue weighted by atomic mass is 10.0. The zero-order chi connectivity index (χ0) is 27.7. The summed E-state index contributed by atoms with van der Waals surface area (Å²) in [6.07, 6.45) is -3.49. The van der Waals surface area contributed by atoms with Crippen LogP contribution in [0.2, 0.25) is 5.02 Å². The van der Waals surface area contributed by atoms with Crippen molar-refractivity contribution in [1.29, 1.82) is 5.26 Å². The molecule has 1 aliphatic heterocycles. The molecular weight excluding hydrogens is 544 g/mol. The third kappa shape index (κ3) is 5.64. The molecule has 1 atom stereocenters. The molecule has 0 spiro atoms. The van der Waals surface area contributed by atoms with Crippen molar-refractivity contribution in [3.05, 3.63) is 88.2 Å². The first-order valence-corrected chi connectivity index (χ1v) is 13.2. The minimum atomic E-state index is -4.73. The fraction of sp³-hybridized carbons (Fsp3) is 0.222. The van der Waals surface area contributed by atoms with Gasteiger partial charge in [0.2, 0.25) is 0 Å². The van der Waals surface area contributed by atoms with E-state index in [1.54, 1.807) is 25.1 Å². The van der Waals surface area contributed by atoms with Crippen LogP contribution in [0.3, 0.4) is 0 Å². The van der Waals surface area contributed by atoms with Gasteiger partial charge < -0.3 is 4.74 Å². The normalized spacial score (nSPS) is 16.0. The first kappa shape index (κ1) is 27.5. The van der Waals surface area contributed by atoms with E-state index < -0.39 is 38.6 Å². The molecule has 0 fully saturated rings. The number of benzene rings is 3. The summed E-state index contributed by atoms with van der Waals surface area (Å²) in [5, 5.41) is 9.17. The second-order valence-corrected chi connectivity index (χ2v) is 10.9. The summed E-state index contributed by atoms with van der Waals surface area (Å²) in [7, 11) is -4.46. The SMILES string of the molecule is CC(=Cc1ccc2c(c1)N(S(=O)(=O)c1cccc(C(F)(F)F)c1)CC(CCC#N)O2)c1c(F)cccc1Cl. The summed E-state index contributed by atoms with van der Waals surface area (Å²) >= 11 is 6.17. The molecule has 1 unspecified atom stereocenters. The van der Waals surface area contributed by atoms with Crippen LogP contribution in [0.5, 0.6) is 5.75 Å². The van der Waals surface area contributed by atoms with Crippen LogP contribution in [0.1, 0.15) is 36.5 Å². The van der Waals surface area contributed by atoms with Gasteiger partial charge in [0.05, 0.1) is 33.8 Å². The lowest BCUT2D eigenvalue weighted by molar-refractivity contribution is -0.137. The molecule has 38 heavy (non-hydrogen) atoms. The molecule has 0 amide bonds. The first-order valence-electron chi connectivity index (χ1n) is 11.4. The Morgan fingerprint density at radius 1 is 1.18 bits per heavy atom. The van der Waals surface area contributed by atoms with E-state index in [1.165, 1.54) is 24.3 Å².